The van der Waals surface area contributed by atoms with Crippen LogP contribution in [-0.2, 0) is 4.79 Å². The molecule has 2 fully saturated rings. The van der Waals surface area contributed by atoms with Crippen LogP contribution in [0.5, 0.6) is 0 Å². The van der Waals surface area contributed by atoms with Crippen LogP contribution in [0.15, 0.2) is 22.6 Å². The van der Waals surface area contributed by atoms with E-state index < -0.39 is 0 Å². The fourth-order valence-corrected chi connectivity index (χ4v) is 3.35. The Hall–Kier alpha value is -2.24. The Morgan fingerprint density at radius 1 is 1.38 bits per heavy atom. The summed E-state index contributed by atoms with van der Waals surface area (Å²) in [6.07, 6.45) is 2.51. The van der Waals surface area contributed by atoms with E-state index in [1.807, 2.05) is 12.1 Å². The Bertz CT molecular complexity index is 696. The predicted molar refractivity (Wildman–Crippen MR) is 79.9 cm³/mol. The summed E-state index contributed by atoms with van der Waals surface area (Å²) in [6.45, 7) is 1.73. The normalized spacial score (nSPS) is 25.7. The average Bonchev–Trinajstić information content (AvgIpc) is 2.89. The zero-order valence-corrected chi connectivity index (χ0v) is 11.7. The van der Waals surface area contributed by atoms with Crippen LogP contribution in [0.2, 0.25) is 0 Å². The summed E-state index contributed by atoms with van der Waals surface area (Å²) in [5.41, 5.74) is 8.01. The second kappa shape index (κ2) is 4.65. The van der Waals surface area contributed by atoms with E-state index in [-0.39, 0.29) is 5.91 Å². The Morgan fingerprint density at radius 3 is 3.19 bits per heavy atom. The molecule has 1 aromatic carbocycles. The predicted octanol–water partition coefficient (Wildman–Crippen LogP) is 1.51. The maximum absolute atomic E-state index is 11.5. The van der Waals surface area contributed by atoms with Gasteiger partial charge in [-0.1, -0.05) is 0 Å². The molecule has 1 amide bonds. The Balaban J connectivity index is 1.57. The summed E-state index contributed by atoms with van der Waals surface area (Å²) in [4.78, 5) is 18.2. The molecule has 2 saturated heterocycles. The van der Waals surface area contributed by atoms with E-state index in [4.69, 9.17) is 10.2 Å². The minimum atomic E-state index is 0.182. The molecule has 2 aromatic rings. The second-order valence-electron chi connectivity index (χ2n) is 5.93. The van der Waals surface area contributed by atoms with Crippen molar-refractivity contribution in [1.29, 1.82) is 0 Å². The molecule has 1 aromatic heterocycles. The van der Waals surface area contributed by atoms with E-state index in [2.05, 4.69) is 15.2 Å². The third-order valence-corrected chi connectivity index (χ3v) is 4.49. The first-order valence-corrected chi connectivity index (χ1v) is 7.39. The van der Waals surface area contributed by atoms with E-state index in [0.29, 0.717) is 30.1 Å². The highest BCUT2D eigenvalue weighted by Crippen LogP contribution is 2.30. The quantitative estimate of drug-likeness (QED) is 0.776. The number of nitrogens with zero attached hydrogens (tertiary/aromatic N) is 2. The van der Waals surface area contributed by atoms with Crippen LogP contribution in [0.25, 0.3) is 11.1 Å². The van der Waals surface area contributed by atoms with E-state index in [9.17, 15) is 4.79 Å². The number of rotatable bonds is 1. The zero-order chi connectivity index (χ0) is 14.4. The van der Waals surface area contributed by atoms with E-state index in [0.717, 1.165) is 37.0 Å². The number of nitrogens with one attached hydrogen (secondary N) is 1. The first-order valence-electron chi connectivity index (χ1n) is 7.39. The van der Waals surface area contributed by atoms with Crippen molar-refractivity contribution in [2.24, 2.45) is 5.92 Å². The molecule has 2 atom stereocenters. The number of amides is 1. The number of fused-ring (bicyclic) bond motifs is 2. The van der Waals surface area contributed by atoms with Gasteiger partial charge in [0.15, 0.2) is 5.58 Å². The lowest BCUT2D eigenvalue weighted by Crippen LogP contribution is -2.54. The van der Waals surface area contributed by atoms with Gasteiger partial charge in [0.1, 0.15) is 5.52 Å². The monoisotopic (exact) mass is 286 g/mol. The molecule has 2 aliphatic rings. The fourth-order valence-electron chi connectivity index (χ4n) is 3.35. The van der Waals surface area contributed by atoms with Gasteiger partial charge < -0.3 is 20.4 Å². The zero-order valence-electron chi connectivity index (χ0n) is 11.7. The van der Waals surface area contributed by atoms with Crippen LogP contribution in [0.3, 0.4) is 0 Å². The molecular weight excluding hydrogens is 268 g/mol. The second-order valence-corrected chi connectivity index (χ2v) is 5.93. The maximum atomic E-state index is 11.5. The maximum Gasteiger partial charge on any atom is 0.298 e. The largest absolute Gasteiger partial charge is 0.423 e. The molecule has 2 aliphatic heterocycles. The number of nitrogen functional groups attached to an aromatic ring is 1. The van der Waals surface area contributed by atoms with Gasteiger partial charge in [0.25, 0.3) is 6.01 Å². The van der Waals surface area contributed by atoms with Crippen LogP contribution >= 0.6 is 0 Å². The van der Waals surface area contributed by atoms with Gasteiger partial charge in [-0.15, -0.1) is 0 Å². The summed E-state index contributed by atoms with van der Waals surface area (Å²) in [5.74, 6) is 0.665. The molecule has 3 heterocycles. The number of oxazole rings is 1. The van der Waals surface area contributed by atoms with Gasteiger partial charge >= 0.3 is 0 Å². The SMILES string of the molecule is Nc1ccc2nc(N3CCC4NC(=O)CCC4C3)oc2c1. The first kappa shape index (κ1) is 12.5. The van der Waals surface area contributed by atoms with Crippen molar-refractivity contribution in [3.63, 3.8) is 0 Å². The summed E-state index contributed by atoms with van der Waals surface area (Å²) >= 11 is 0. The molecule has 2 unspecified atom stereocenters. The van der Waals surface area contributed by atoms with Gasteiger partial charge in [0.2, 0.25) is 5.91 Å². The molecule has 4 rings (SSSR count). The molecule has 0 saturated carbocycles. The average molecular weight is 286 g/mol. The van der Waals surface area contributed by atoms with Gasteiger partial charge in [-0.2, -0.15) is 4.98 Å². The third kappa shape index (κ3) is 2.20. The molecule has 0 bridgehead atoms. The van der Waals surface area contributed by atoms with Crippen LogP contribution < -0.4 is 16.0 Å². The molecule has 6 heteroatoms. The summed E-state index contributed by atoms with van der Waals surface area (Å²) in [7, 11) is 0. The molecule has 110 valence electrons. The summed E-state index contributed by atoms with van der Waals surface area (Å²) < 4.78 is 5.84. The molecule has 0 radical (unpaired) electrons. The van der Waals surface area contributed by atoms with Gasteiger partial charge in [-0.25, -0.2) is 0 Å². The third-order valence-electron chi connectivity index (χ3n) is 4.49. The highest BCUT2D eigenvalue weighted by atomic mass is 16.4. The van der Waals surface area contributed by atoms with Gasteiger partial charge in [-0.3, -0.25) is 4.79 Å². The van der Waals surface area contributed by atoms with Gasteiger partial charge in [-0.05, 0) is 30.9 Å². The smallest absolute Gasteiger partial charge is 0.298 e. The number of benzene rings is 1. The van der Waals surface area contributed by atoms with Crippen molar-refractivity contribution in [1.82, 2.24) is 10.3 Å². The highest BCUT2D eigenvalue weighted by molar-refractivity contribution is 5.78. The van der Waals surface area contributed by atoms with Crippen molar-refractivity contribution < 1.29 is 9.21 Å². The number of piperidine rings is 2. The lowest BCUT2D eigenvalue weighted by Gasteiger charge is -2.40. The summed E-state index contributed by atoms with van der Waals surface area (Å²) in [5, 5.41) is 3.09. The van der Waals surface area contributed by atoms with Crippen LogP contribution in [0, 0.1) is 5.92 Å². The lowest BCUT2D eigenvalue weighted by atomic mass is 9.85. The first-order chi connectivity index (χ1) is 10.2. The standard InChI is InChI=1S/C15H18N4O2/c16-10-2-3-12-13(7-10)21-15(18-12)19-6-5-11-9(8-19)1-4-14(20)17-11/h2-3,7,9,11H,1,4-6,8,16H2,(H,17,20). The van der Waals surface area contributed by atoms with Crippen molar-refractivity contribution in [2.45, 2.75) is 25.3 Å². The molecule has 0 spiro atoms. The highest BCUT2D eigenvalue weighted by Gasteiger charge is 2.35. The lowest BCUT2D eigenvalue weighted by molar-refractivity contribution is -0.124. The number of nitrogens with two attached hydrogens (primary N) is 1. The van der Waals surface area contributed by atoms with E-state index in [1.54, 1.807) is 6.07 Å². The number of anilines is 2. The van der Waals surface area contributed by atoms with Crippen LogP contribution in [0.1, 0.15) is 19.3 Å². The van der Waals surface area contributed by atoms with Crippen LogP contribution in [0.4, 0.5) is 11.7 Å². The number of hydrogen-bond acceptors (Lipinski definition) is 5. The van der Waals surface area contributed by atoms with E-state index in [1.165, 1.54) is 0 Å². The summed E-state index contributed by atoms with van der Waals surface area (Å²) in [6, 6.07) is 6.48. The van der Waals surface area contributed by atoms with E-state index >= 15 is 0 Å². The van der Waals surface area contributed by atoms with Crippen LogP contribution in [-0.4, -0.2) is 30.0 Å². The number of aromatic nitrogens is 1. The van der Waals surface area contributed by atoms with Crippen molar-refractivity contribution in [3.05, 3.63) is 18.2 Å². The minimum Gasteiger partial charge on any atom is -0.423 e. The molecular formula is C15H18N4O2. The number of carbonyl (C=O) groups is 1. The molecule has 0 aliphatic carbocycles. The number of carbonyl (C=O) groups excluding carboxylic acids is 1. The fraction of sp³-hybridized carbons (Fsp3) is 0.467. The molecule has 3 N–H and O–H groups in total. The molecule has 6 nitrogen and oxygen atoms in total. The van der Waals surface area contributed by atoms with Crippen molar-refractivity contribution in [3.8, 4) is 0 Å². The topological polar surface area (TPSA) is 84.4 Å². The molecule has 21 heavy (non-hydrogen) atoms. The van der Waals surface area contributed by atoms with Gasteiger partial charge in [0, 0.05) is 37.3 Å². The van der Waals surface area contributed by atoms with Gasteiger partial charge in [0.05, 0.1) is 0 Å². The minimum absolute atomic E-state index is 0.182. The Kier molecular flexibility index (Phi) is 2.77. The van der Waals surface area contributed by atoms with Crippen molar-refractivity contribution >= 4 is 28.7 Å². The van der Waals surface area contributed by atoms with Crippen molar-refractivity contribution in [2.75, 3.05) is 23.7 Å². The Morgan fingerprint density at radius 2 is 2.29 bits per heavy atom. The Labute approximate surface area is 122 Å². The number of hydrogen-bond donors (Lipinski definition) is 2.